The molecule has 1 unspecified atom stereocenters. The van der Waals surface area contributed by atoms with E-state index < -0.39 is 0 Å². The molecule has 0 spiro atoms. The average Bonchev–Trinajstić information content (AvgIpc) is 2.49. The summed E-state index contributed by atoms with van der Waals surface area (Å²) in [7, 11) is 0. The fraction of sp³-hybridized carbons (Fsp3) is 0.368. The molecule has 0 heterocycles. The Balaban J connectivity index is 1.83. The first-order chi connectivity index (χ1) is 10.1. The summed E-state index contributed by atoms with van der Waals surface area (Å²) < 4.78 is 0. The van der Waals surface area contributed by atoms with Crippen LogP contribution in [0.2, 0.25) is 0 Å². The molecule has 2 aromatic carbocycles. The normalized spacial score (nSPS) is 12.6. The molecular weight excluding hydrogens is 258 g/mol. The summed E-state index contributed by atoms with van der Waals surface area (Å²) in [4.78, 5) is 0. The molecule has 0 saturated carbocycles. The molecular formula is C19H25NO. The topological polar surface area (TPSA) is 32.3 Å². The van der Waals surface area contributed by atoms with Crippen molar-refractivity contribution in [1.29, 1.82) is 0 Å². The van der Waals surface area contributed by atoms with E-state index in [1.807, 2.05) is 12.1 Å². The largest absolute Gasteiger partial charge is 0.508 e. The van der Waals surface area contributed by atoms with E-state index in [1.165, 1.54) is 16.7 Å². The zero-order valence-corrected chi connectivity index (χ0v) is 13.1. The predicted molar refractivity (Wildman–Crippen MR) is 88.8 cm³/mol. The van der Waals surface area contributed by atoms with Gasteiger partial charge in [0, 0.05) is 6.04 Å². The number of benzene rings is 2. The van der Waals surface area contributed by atoms with E-state index in [2.05, 4.69) is 50.4 Å². The van der Waals surface area contributed by atoms with Crippen LogP contribution in [0.1, 0.15) is 49.4 Å². The molecule has 0 aliphatic heterocycles. The van der Waals surface area contributed by atoms with Crippen LogP contribution < -0.4 is 5.32 Å². The first kappa shape index (κ1) is 15.6. The maximum atomic E-state index is 9.26. The first-order valence-corrected chi connectivity index (χ1v) is 7.67. The minimum Gasteiger partial charge on any atom is -0.508 e. The van der Waals surface area contributed by atoms with E-state index in [0.717, 1.165) is 13.0 Å². The Morgan fingerprint density at radius 1 is 0.857 bits per heavy atom. The summed E-state index contributed by atoms with van der Waals surface area (Å²) in [6.07, 6.45) is 0.967. The Labute approximate surface area is 127 Å². The van der Waals surface area contributed by atoms with E-state index in [1.54, 1.807) is 12.1 Å². The average molecular weight is 283 g/mol. The van der Waals surface area contributed by atoms with Gasteiger partial charge in [0.1, 0.15) is 5.75 Å². The molecule has 0 bridgehead atoms. The third-order valence-corrected chi connectivity index (χ3v) is 3.90. The van der Waals surface area contributed by atoms with Gasteiger partial charge in [0.05, 0.1) is 0 Å². The summed E-state index contributed by atoms with van der Waals surface area (Å²) in [5, 5.41) is 12.8. The number of aromatic hydroxyl groups is 1. The van der Waals surface area contributed by atoms with E-state index in [9.17, 15) is 5.11 Å². The van der Waals surface area contributed by atoms with Gasteiger partial charge in [0.25, 0.3) is 0 Å². The van der Waals surface area contributed by atoms with Crippen LogP contribution in [0.3, 0.4) is 0 Å². The van der Waals surface area contributed by atoms with Crippen molar-refractivity contribution >= 4 is 0 Å². The molecule has 2 aromatic rings. The van der Waals surface area contributed by atoms with Gasteiger partial charge in [-0.05, 0) is 54.6 Å². The van der Waals surface area contributed by atoms with Crippen LogP contribution in [-0.4, -0.2) is 11.7 Å². The zero-order valence-electron chi connectivity index (χ0n) is 13.1. The highest BCUT2D eigenvalue weighted by Crippen LogP contribution is 2.18. The minimum atomic E-state index is 0.324. The molecule has 0 aromatic heterocycles. The van der Waals surface area contributed by atoms with Crippen molar-refractivity contribution in [1.82, 2.24) is 5.32 Å². The van der Waals surface area contributed by atoms with Gasteiger partial charge in [-0.25, -0.2) is 0 Å². The Morgan fingerprint density at radius 2 is 1.43 bits per heavy atom. The maximum Gasteiger partial charge on any atom is 0.115 e. The van der Waals surface area contributed by atoms with Gasteiger partial charge in [0.2, 0.25) is 0 Å². The first-order valence-electron chi connectivity index (χ1n) is 7.67. The highest BCUT2D eigenvalue weighted by atomic mass is 16.3. The fourth-order valence-corrected chi connectivity index (χ4v) is 2.38. The minimum absolute atomic E-state index is 0.324. The van der Waals surface area contributed by atoms with Gasteiger partial charge in [0.15, 0.2) is 0 Å². The van der Waals surface area contributed by atoms with Gasteiger partial charge >= 0.3 is 0 Å². The molecule has 112 valence electrons. The quantitative estimate of drug-likeness (QED) is 0.823. The molecule has 1 atom stereocenters. The summed E-state index contributed by atoms with van der Waals surface area (Å²) in [5.41, 5.74) is 3.95. The SMILES string of the molecule is CC(C)c1ccc(C(C)NCCc2ccc(O)cc2)cc1. The van der Waals surface area contributed by atoms with E-state index in [-0.39, 0.29) is 0 Å². The van der Waals surface area contributed by atoms with Crippen molar-refractivity contribution in [2.24, 2.45) is 0 Å². The van der Waals surface area contributed by atoms with Crippen LogP contribution in [0, 0.1) is 0 Å². The maximum absolute atomic E-state index is 9.26. The molecule has 0 aliphatic rings. The summed E-state index contributed by atoms with van der Waals surface area (Å²) in [6.45, 7) is 7.56. The second kappa shape index (κ2) is 7.28. The number of hydrogen-bond donors (Lipinski definition) is 2. The number of phenols is 1. The van der Waals surface area contributed by atoms with Crippen LogP contribution in [0.5, 0.6) is 5.75 Å². The van der Waals surface area contributed by atoms with Crippen LogP contribution in [0.4, 0.5) is 0 Å². The number of nitrogens with one attached hydrogen (secondary N) is 1. The standard InChI is InChI=1S/C19H25NO/c1-14(2)17-6-8-18(9-7-17)15(3)20-13-12-16-4-10-19(21)11-5-16/h4-11,14-15,20-21H,12-13H2,1-3H3. The molecule has 2 heteroatoms. The van der Waals surface area contributed by atoms with Gasteiger partial charge in [-0.3, -0.25) is 0 Å². The van der Waals surface area contributed by atoms with Crippen LogP contribution in [0.25, 0.3) is 0 Å². The molecule has 0 amide bonds. The van der Waals surface area contributed by atoms with Crippen molar-refractivity contribution in [3.8, 4) is 5.75 Å². The smallest absolute Gasteiger partial charge is 0.115 e. The highest BCUT2D eigenvalue weighted by molar-refractivity contribution is 5.27. The van der Waals surface area contributed by atoms with Crippen molar-refractivity contribution < 1.29 is 5.11 Å². The Hall–Kier alpha value is -1.80. The summed E-state index contributed by atoms with van der Waals surface area (Å²) >= 11 is 0. The third-order valence-electron chi connectivity index (χ3n) is 3.90. The number of rotatable bonds is 6. The Bertz CT molecular complexity index is 543. The van der Waals surface area contributed by atoms with Gasteiger partial charge in [-0.15, -0.1) is 0 Å². The lowest BCUT2D eigenvalue weighted by atomic mass is 9.99. The number of phenolic OH excluding ortho intramolecular Hbond substituents is 1. The van der Waals surface area contributed by atoms with Crippen molar-refractivity contribution in [3.63, 3.8) is 0 Å². The molecule has 2 rings (SSSR count). The van der Waals surface area contributed by atoms with E-state index >= 15 is 0 Å². The third kappa shape index (κ3) is 4.61. The van der Waals surface area contributed by atoms with Crippen LogP contribution in [0.15, 0.2) is 48.5 Å². The molecule has 0 saturated heterocycles. The van der Waals surface area contributed by atoms with Gasteiger partial charge < -0.3 is 10.4 Å². The lowest BCUT2D eigenvalue weighted by molar-refractivity contribution is 0.475. The summed E-state index contributed by atoms with van der Waals surface area (Å²) in [5.74, 6) is 0.905. The monoisotopic (exact) mass is 283 g/mol. The Kier molecular flexibility index (Phi) is 5.40. The van der Waals surface area contributed by atoms with Crippen molar-refractivity contribution in [2.45, 2.75) is 39.2 Å². The van der Waals surface area contributed by atoms with Gasteiger partial charge in [-0.2, -0.15) is 0 Å². The van der Waals surface area contributed by atoms with Gasteiger partial charge in [-0.1, -0.05) is 50.2 Å². The highest BCUT2D eigenvalue weighted by Gasteiger charge is 2.05. The lowest BCUT2D eigenvalue weighted by Crippen LogP contribution is -2.21. The predicted octanol–water partition coefficient (Wildman–Crippen LogP) is 4.41. The Morgan fingerprint density at radius 3 is 2.00 bits per heavy atom. The van der Waals surface area contributed by atoms with Crippen LogP contribution in [-0.2, 0) is 6.42 Å². The second-order valence-corrected chi connectivity index (χ2v) is 5.91. The molecule has 21 heavy (non-hydrogen) atoms. The van der Waals surface area contributed by atoms with Crippen molar-refractivity contribution in [2.75, 3.05) is 6.54 Å². The molecule has 0 radical (unpaired) electrons. The molecule has 0 aliphatic carbocycles. The zero-order chi connectivity index (χ0) is 15.2. The van der Waals surface area contributed by atoms with E-state index in [4.69, 9.17) is 0 Å². The fourth-order valence-electron chi connectivity index (χ4n) is 2.38. The number of hydrogen-bond acceptors (Lipinski definition) is 2. The van der Waals surface area contributed by atoms with E-state index in [0.29, 0.717) is 17.7 Å². The van der Waals surface area contributed by atoms with Crippen molar-refractivity contribution in [3.05, 3.63) is 65.2 Å². The lowest BCUT2D eigenvalue weighted by Gasteiger charge is -2.15. The van der Waals surface area contributed by atoms with Crippen LogP contribution >= 0.6 is 0 Å². The molecule has 0 fully saturated rings. The summed E-state index contributed by atoms with van der Waals surface area (Å²) in [6, 6.07) is 16.6. The second-order valence-electron chi connectivity index (χ2n) is 5.91. The molecule has 2 nitrogen and oxygen atoms in total. The molecule has 2 N–H and O–H groups in total.